The van der Waals surface area contributed by atoms with Gasteiger partial charge >= 0.3 is 18.5 Å². The van der Waals surface area contributed by atoms with Gasteiger partial charge in [0.05, 0.1) is 21.2 Å². The van der Waals surface area contributed by atoms with Gasteiger partial charge in [0.25, 0.3) is 0 Å². The molecule has 0 saturated heterocycles. The van der Waals surface area contributed by atoms with Crippen molar-refractivity contribution in [3.8, 4) is 11.5 Å². The number of ether oxygens (including phenoxy) is 2. The number of hydrogen-bond donors (Lipinski definition) is 0. The molecule has 0 aliphatic rings. The van der Waals surface area contributed by atoms with Gasteiger partial charge in [-0.05, 0) is 24.3 Å². The number of alkyl halides is 6. The van der Waals surface area contributed by atoms with Gasteiger partial charge in [-0.1, -0.05) is 35.3 Å². The van der Waals surface area contributed by atoms with Crippen LogP contribution in [0.2, 0.25) is 10.0 Å². The van der Waals surface area contributed by atoms with Crippen LogP contribution in [0, 0.1) is 0 Å². The van der Waals surface area contributed by atoms with Crippen molar-refractivity contribution in [3.05, 3.63) is 57.6 Å². The van der Waals surface area contributed by atoms with Gasteiger partial charge in [-0.3, -0.25) is 0 Å². The lowest BCUT2D eigenvalue weighted by Crippen LogP contribution is -2.16. The third-order valence-corrected chi connectivity index (χ3v) is 3.70. The Balaban J connectivity index is 2.24. The Morgan fingerprint density at radius 1 is 0.731 bits per heavy atom. The van der Waals surface area contributed by atoms with E-state index >= 15 is 0 Å². The molecule has 0 fully saturated rings. The zero-order valence-corrected chi connectivity index (χ0v) is 13.7. The highest BCUT2D eigenvalue weighted by molar-refractivity contribution is 6.33. The van der Waals surface area contributed by atoms with E-state index < -0.39 is 51.2 Å². The van der Waals surface area contributed by atoms with Crippen LogP contribution in [0.3, 0.4) is 0 Å². The summed E-state index contributed by atoms with van der Waals surface area (Å²) >= 11 is 11.1. The first-order valence-corrected chi connectivity index (χ1v) is 7.28. The molecule has 0 aliphatic heterocycles. The van der Waals surface area contributed by atoms with Gasteiger partial charge in [0.2, 0.25) is 0 Å². The highest BCUT2D eigenvalue weighted by atomic mass is 35.5. The molecule has 0 heterocycles. The van der Waals surface area contributed by atoms with Gasteiger partial charge in [0.1, 0.15) is 0 Å². The summed E-state index contributed by atoms with van der Waals surface area (Å²) in [6.07, 6.45) is -11.2. The van der Waals surface area contributed by atoms with Crippen molar-refractivity contribution >= 4 is 29.4 Å². The van der Waals surface area contributed by atoms with Crippen LogP contribution in [-0.4, -0.2) is 6.16 Å². The van der Waals surface area contributed by atoms with E-state index in [2.05, 4.69) is 9.47 Å². The Kier molecular flexibility index (Phi) is 5.62. The smallest absolute Gasteiger partial charge is 0.393 e. The number of carbonyl (C=O) groups excluding carboxylic acids is 1. The van der Waals surface area contributed by atoms with E-state index in [0.29, 0.717) is 12.1 Å². The zero-order chi connectivity index (χ0) is 19.7. The summed E-state index contributed by atoms with van der Waals surface area (Å²) in [5.41, 5.74) is -2.52. The van der Waals surface area contributed by atoms with Gasteiger partial charge in [-0.15, -0.1) is 0 Å². The van der Waals surface area contributed by atoms with Gasteiger partial charge in [0, 0.05) is 0 Å². The van der Waals surface area contributed by atoms with Crippen LogP contribution < -0.4 is 9.47 Å². The third-order valence-electron chi connectivity index (χ3n) is 2.92. The topological polar surface area (TPSA) is 35.5 Å². The molecular weight excluding hydrogens is 413 g/mol. The van der Waals surface area contributed by atoms with Crippen molar-refractivity contribution in [2.24, 2.45) is 0 Å². The van der Waals surface area contributed by atoms with E-state index in [4.69, 9.17) is 23.2 Å². The maximum atomic E-state index is 12.7. The Morgan fingerprint density at radius 2 is 1.08 bits per heavy atom. The largest absolute Gasteiger partial charge is 0.519 e. The molecule has 0 radical (unpaired) electrons. The van der Waals surface area contributed by atoms with Gasteiger partial charge in [-0.25, -0.2) is 4.79 Å². The number of carbonyl (C=O) groups is 1. The van der Waals surface area contributed by atoms with Gasteiger partial charge in [-0.2, -0.15) is 26.3 Å². The minimum absolute atomic E-state index is 0.657. The molecule has 0 bridgehead atoms. The van der Waals surface area contributed by atoms with Crippen molar-refractivity contribution < 1.29 is 40.6 Å². The number of hydrogen-bond acceptors (Lipinski definition) is 3. The normalized spacial score (nSPS) is 12.0. The molecule has 11 heteroatoms. The van der Waals surface area contributed by atoms with Gasteiger partial charge in [0.15, 0.2) is 11.5 Å². The summed E-state index contributed by atoms with van der Waals surface area (Å²) in [7, 11) is 0. The van der Waals surface area contributed by atoms with Crippen molar-refractivity contribution in [2.45, 2.75) is 12.4 Å². The standard InChI is InChI=1S/C15H6Cl2F6O3/c16-11-7(14(18,19)20)3-1-5-9(11)25-13(24)26-10-6-2-4-8(12(10)17)15(21,22)23/h1-6H. The summed E-state index contributed by atoms with van der Waals surface area (Å²) in [4.78, 5) is 11.7. The molecule has 140 valence electrons. The molecule has 26 heavy (non-hydrogen) atoms. The molecule has 3 nitrogen and oxygen atoms in total. The molecule has 0 amide bonds. The van der Waals surface area contributed by atoms with Crippen LogP contribution in [0.25, 0.3) is 0 Å². The molecule has 0 unspecified atom stereocenters. The first kappa shape index (κ1) is 20.2. The average Bonchev–Trinajstić information content (AvgIpc) is 2.49. The first-order valence-electron chi connectivity index (χ1n) is 6.52. The maximum Gasteiger partial charge on any atom is 0.519 e. The third kappa shape index (κ3) is 4.53. The summed E-state index contributed by atoms with van der Waals surface area (Å²) in [6, 6.07) is 5.07. The van der Waals surface area contributed by atoms with Crippen molar-refractivity contribution in [2.75, 3.05) is 0 Å². The number of halogens is 8. The van der Waals surface area contributed by atoms with E-state index in [-0.39, 0.29) is 0 Å². The summed E-state index contributed by atoms with van der Waals surface area (Å²) in [5.74, 6) is -1.37. The second-order valence-electron chi connectivity index (χ2n) is 4.69. The zero-order valence-electron chi connectivity index (χ0n) is 12.2. The van der Waals surface area contributed by atoms with E-state index in [0.717, 1.165) is 24.3 Å². The molecule has 2 aromatic carbocycles. The van der Waals surface area contributed by atoms with E-state index in [1.165, 1.54) is 0 Å². The summed E-state index contributed by atoms with van der Waals surface area (Å²) in [5, 5.41) is -1.82. The second-order valence-corrected chi connectivity index (χ2v) is 5.44. The fourth-order valence-electron chi connectivity index (χ4n) is 1.82. The molecule has 0 aliphatic carbocycles. The Bertz CT molecular complexity index is 766. The van der Waals surface area contributed by atoms with Crippen LogP contribution in [0.5, 0.6) is 11.5 Å². The number of rotatable bonds is 2. The predicted molar refractivity (Wildman–Crippen MR) is 79.6 cm³/mol. The lowest BCUT2D eigenvalue weighted by Gasteiger charge is -2.14. The summed E-state index contributed by atoms with van der Waals surface area (Å²) < 4.78 is 85.5. The maximum absolute atomic E-state index is 12.7. The fourth-order valence-corrected chi connectivity index (χ4v) is 2.36. The average molecular weight is 419 g/mol. The van der Waals surface area contributed by atoms with E-state index in [1.54, 1.807) is 0 Å². The lowest BCUT2D eigenvalue weighted by molar-refractivity contribution is -0.138. The highest BCUT2D eigenvalue weighted by Crippen LogP contribution is 2.41. The molecular formula is C15H6Cl2F6O3. The molecule has 0 saturated carbocycles. The van der Waals surface area contributed by atoms with Crippen molar-refractivity contribution in [1.82, 2.24) is 0 Å². The number of benzene rings is 2. The Labute approximate surface area is 152 Å². The highest BCUT2D eigenvalue weighted by Gasteiger charge is 2.36. The fraction of sp³-hybridized carbons (Fsp3) is 0.133. The van der Waals surface area contributed by atoms with Crippen molar-refractivity contribution in [1.29, 1.82) is 0 Å². The van der Waals surface area contributed by atoms with Crippen molar-refractivity contribution in [3.63, 3.8) is 0 Å². The lowest BCUT2D eigenvalue weighted by atomic mass is 10.2. The molecule has 0 spiro atoms. The van der Waals surface area contributed by atoms with Gasteiger partial charge < -0.3 is 9.47 Å². The Morgan fingerprint density at radius 3 is 1.38 bits per heavy atom. The minimum atomic E-state index is -4.80. The second kappa shape index (κ2) is 7.24. The van der Waals surface area contributed by atoms with Crippen LogP contribution in [0.1, 0.15) is 11.1 Å². The quantitative estimate of drug-likeness (QED) is 0.312. The molecule has 0 N–H and O–H groups in total. The molecule has 2 rings (SSSR count). The molecule has 0 atom stereocenters. The van der Waals surface area contributed by atoms with Crippen LogP contribution in [0.4, 0.5) is 31.1 Å². The molecule has 0 aromatic heterocycles. The van der Waals surface area contributed by atoms with Crippen LogP contribution in [-0.2, 0) is 12.4 Å². The minimum Gasteiger partial charge on any atom is -0.393 e. The summed E-state index contributed by atoms with van der Waals surface area (Å²) in [6.45, 7) is 0. The Hall–Kier alpha value is -2.13. The van der Waals surface area contributed by atoms with E-state index in [1.807, 2.05) is 0 Å². The molecule has 2 aromatic rings. The van der Waals surface area contributed by atoms with Crippen LogP contribution >= 0.6 is 23.2 Å². The monoisotopic (exact) mass is 418 g/mol. The van der Waals surface area contributed by atoms with Crippen LogP contribution in [0.15, 0.2) is 36.4 Å². The predicted octanol–water partition coefficient (Wildman–Crippen LogP) is 6.61. The van der Waals surface area contributed by atoms with E-state index in [9.17, 15) is 31.1 Å². The SMILES string of the molecule is O=C(Oc1cccc(C(F)(F)F)c1Cl)Oc1cccc(C(F)(F)F)c1Cl. The first-order chi connectivity index (χ1) is 11.9.